The highest BCUT2D eigenvalue weighted by molar-refractivity contribution is 6.30. The van der Waals surface area contributed by atoms with Crippen molar-refractivity contribution in [3.8, 4) is 0 Å². The molecule has 0 fully saturated rings. The summed E-state index contributed by atoms with van der Waals surface area (Å²) in [5.74, 6) is -0.388. The number of nitrogens with zero attached hydrogens (tertiary/aromatic N) is 1. The second kappa shape index (κ2) is 6.16. The molecule has 0 aliphatic carbocycles. The summed E-state index contributed by atoms with van der Waals surface area (Å²) in [5, 5.41) is 0.706. The van der Waals surface area contributed by atoms with Gasteiger partial charge in [0.1, 0.15) is 0 Å². The molecule has 19 heavy (non-hydrogen) atoms. The lowest BCUT2D eigenvalue weighted by Crippen LogP contribution is -2.01. The van der Waals surface area contributed by atoms with Crippen LogP contribution in [0.15, 0.2) is 42.6 Å². The number of benzene rings is 1. The van der Waals surface area contributed by atoms with Crippen molar-refractivity contribution in [1.82, 2.24) is 4.98 Å². The van der Waals surface area contributed by atoms with Gasteiger partial charge in [0.25, 0.3) is 0 Å². The van der Waals surface area contributed by atoms with E-state index in [1.54, 1.807) is 12.1 Å². The van der Waals surface area contributed by atoms with Gasteiger partial charge in [0, 0.05) is 11.2 Å². The summed E-state index contributed by atoms with van der Waals surface area (Å²) < 4.78 is 4.61. The smallest absolute Gasteiger partial charge is 0.339 e. The first-order valence-electron chi connectivity index (χ1n) is 5.67. The first-order valence-corrected chi connectivity index (χ1v) is 6.05. The Balaban J connectivity index is 2.11. The third-order valence-electron chi connectivity index (χ3n) is 2.52. The van der Waals surface area contributed by atoms with E-state index in [0.29, 0.717) is 10.6 Å². The van der Waals surface area contributed by atoms with Crippen LogP contribution in [0.1, 0.15) is 21.6 Å². The van der Waals surface area contributed by atoms with Crippen LogP contribution < -0.4 is 0 Å². The average molecular weight is 274 g/mol. The molecule has 0 unspecified atom stereocenters. The molecule has 0 spiro atoms. The minimum absolute atomic E-state index is 0.388. The number of carbonyl (C=O) groups is 1. The molecule has 0 saturated heterocycles. The van der Waals surface area contributed by atoms with E-state index in [0.717, 1.165) is 11.3 Å². The number of methoxy groups -OCH3 is 1. The number of halogens is 1. The van der Waals surface area contributed by atoms with Crippen LogP contribution in [0.25, 0.3) is 12.2 Å². The third kappa shape index (κ3) is 3.66. The van der Waals surface area contributed by atoms with Crippen molar-refractivity contribution >= 4 is 29.7 Å². The summed E-state index contributed by atoms with van der Waals surface area (Å²) >= 11 is 5.81. The molecule has 4 heteroatoms. The minimum atomic E-state index is -0.388. The summed E-state index contributed by atoms with van der Waals surface area (Å²) in [6, 6.07) is 10.9. The van der Waals surface area contributed by atoms with Crippen molar-refractivity contribution in [2.24, 2.45) is 0 Å². The summed E-state index contributed by atoms with van der Waals surface area (Å²) in [6.45, 7) is 0. The zero-order valence-corrected chi connectivity index (χ0v) is 11.1. The monoisotopic (exact) mass is 273 g/mol. The van der Waals surface area contributed by atoms with E-state index in [2.05, 4.69) is 9.72 Å². The fraction of sp³-hybridized carbons (Fsp3) is 0.0667. The van der Waals surface area contributed by atoms with Gasteiger partial charge in [-0.25, -0.2) is 4.79 Å². The average Bonchev–Trinajstić information content (AvgIpc) is 2.46. The molecule has 0 bridgehead atoms. The second-order valence-electron chi connectivity index (χ2n) is 3.85. The van der Waals surface area contributed by atoms with Crippen LogP contribution in [0.4, 0.5) is 0 Å². The minimum Gasteiger partial charge on any atom is -0.465 e. The highest BCUT2D eigenvalue weighted by atomic mass is 35.5. The van der Waals surface area contributed by atoms with Crippen molar-refractivity contribution in [3.05, 3.63) is 64.4 Å². The quantitative estimate of drug-likeness (QED) is 0.801. The van der Waals surface area contributed by atoms with Gasteiger partial charge >= 0.3 is 5.97 Å². The Labute approximate surface area is 116 Å². The number of esters is 1. The number of ether oxygens (including phenoxy) is 1. The van der Waals surface area contributed by atoms with Crippen LogP contribution in [-0.2, 0) is 4.74 Å². The Morgan fingerprint density at radius 3 is 2.47 bits per heavy atom. The second-order valence-corrected chi connectivity index (χ2v) is 4.28. The van der Waals surface area contributed by atoms with Gasteiger partial charge in [0.2, 0.25) is 0 Å². The van der Waals surface area contributed by atoms with E-state index < -0.39 is 0 Å². The zero-order valence-electron chi connectivity index (χ0n) is 10.3. The lowest BCUT2D eigenvalue weighted by atomic mass is 10.2. The molecule has 0 N–H and O–H groups in total. The molecule has 2 rings (SSSR count). The molecule has 0 aliphatic rings. The van der Waals surface area contributed by atoms with Gasteiger partial charge in [-0.3, -0.25) is 4.98 Å². The van der Waals surface area contributed by atoms with Gasteiger partial charge in [0.15, 0.2) is 0 Å². The lowest BCUT2D eigenvalue weighted by Gasteiger charge is -1.99. The van der Waals surface area contributed by atoms with Gasteiger partial charge < -0.3 is 4.74 Å². The molecule has 0 saturated carbocycles. The Hall–Kier alpha value is -2.13. The maximum absolute atomic E-state index is 11.2. The standard InChI is InChI=1S/C15H12ClNO2/c1-19-15(18)12-5-9-14(17-10-12)8-4-11-2-6-13(16)7-3-11/h2-10H,1H3/b8-4+. The molecule has 1 aromatic carbocycles. The summed E-state index contributed by atoms with van der Waals surface area (Å²) in [7, 11) is 1.34. The lowest BCUT2D eigenvalue weighted by molar-refractivity contribution is 0.0600. The van der Waals surface area contributed by atoms with Gasteiger partial charge in [-0.1, -0.05) is 29.8 Å². The molecule has 0 aliphatic heterocycles. The first kappa shape index (κ1) is 13.3. The first-order chi connectivity index (χ1) is 9.19. The highest BCUT2D eigenvalue weighted by Crippen LogP contribution is 2.12. The Kier molecular flexibility index (Phi) is 4.31. The van der Waals surface area contributed by atoms with E-state index in [4.69, 9.17) is 11.6 Å². The van der Waals surface area contributed by atoms with Crippen molar-refractivity contribution in [2.45, 2.75) is 0 Å². The van der Waals surface area contributed by atoms with Crippen LogP contribution >= 0.6 is 11.6 Å². The normalized spacial score (nSPS) is 10.6. The van der Waals surface area contributed by atoms with Crippen LogP contribution in [0.5, 0.6) is 0 Å². The molecule has 1 aromatic heterocycles. The molecule has 3 nitrogen and oxygen atoms in total. The Morgan fingerprint density at radius 2 is 1.89 bits per heavy atom. The van der Waals surface area contributed by atoms with Gasteiger partial charge in [-0.05, 0) is 35.9 Å². The highest BCUT2D eigenvalue weighted by Gasteiger charge is 2.03. The molecular weight excluding hydrogens is 262 g/mol. The fourth-order valence-corrected chi connectivity index (χ4v) is 1.62. The largest absolute Gasteiger partial charge is 0.465 e. The SMILES string of the molecule is COC(=O)c1ccc(/C=C/c2ccc(Cl)cc2)nc1. The number of aromatic nitrogens is 1. The van der Waals surface area contributed by atoms with Crippen molar-refractivity contribution in [1.29, 1.82) is 0 Å². The predicted molar refractivity (Wildman–Crippen MR) is 76.0 cm³/mol. The molecule has 96 valence electrons. The van der Waals surface area contributed by atoms with Crippen LogP contribution in [0.3, 0.4) is 0 Å². The van der Waals surface area contributed by atoms with Crippen molar-refractivity contribution < 1.29 is 9.53 Å². The maximum Gasteiger partial charge on any atom is 0.339 e. The van der Waals surface area contributed by atoms with Gasteiger partial charge in [-0.15, -0.1) is 0 Å². The van der Waals surface area contributed by atoms with Crippen LogP contribution in [0.2, 0.25) is 5.02 Å². The van der Waals surface area contributed by atoms with Crippen molar-refractivity contribution in [3.63, 3.8) is 0 Å². The van der Waals surface area contributed by atoms with Gasteiger partial charge in [-0.2, -0.15) is 0 Å². The molecule has 0 amide bonds. The molecular formula is C15H12ClNO2. The van der Waals surface area contributed by atoms with E-state index >= 15 is 0 Å². The topological polar surface area (TPSA) is 39.2 Å². The zero-order chi connectivity index (χ0) is 13.7. The molecule has 2 aromatic rings. The number of hydrogen-bond donors (Lipinski definition) is 0. The number of pyridine rings is 1. The summed E-state index contributed by atoms with van der Waals surface area (Å²) in [5.41, 5.74) is 2.23. The van der Waals surface area contributed by atoms with E-state index in [1.165, 1.54) is 13.3 Å². The Morgan fingerprint density at radius 1 is 1.16 bits per heavy atom. The van der Waals surface area contributed by atoms with Crippen molar-refractivity contribution in [2.75, 3.05) is 7.11 Å². The third-order valence-corrected chi connectivity index (χ3v) is 2.78. The number of carbonyl (C=O) groups excluding carboxylic acids is 1. The maximum atomic E-state index is 11.2. The molecule has 0 atom stereocenters. The van der Waals surface area contributed by atoms with Crippen LogP contribution in [-0.4, -0.2) is 18.1 Å². The van der Waals surface area contributed by atoms with Crippen LogP contribution in [0, 0.1) is 0 Å². The van der Waals surface area contributed by atoms with E-state index in [9.17, 15) is 4.79 Å². The summed E-state index contributed by atoms with van der Waals surface area (Å²) in [4.78, 5) is 15.4. The van der Waals surface area contributed by atoms with Gasteiger partial charge in [0.05, 0.1) is 18.4 Å². The number of hydrogen-bond acceptors (Lipinski definition) is 3. The number of rotatable bonds is 3. The molecule has 1 heterocycles. The van der Waals surface area contributed by atoms with E-state index in [-0.39, 0.29) is 5.97 Å². The molecule has 0 radical (unpaired) electrons. The predicted octanol–water partition coefficient (Wildman–Crippen LogP) is 3.69. The fourth-order valence-electron chi connectivity index (χ4n) is 1.50. The summed E-state index contributed by atoms with van der Waals surface area (Å²) in [6.07, 6.45) is 5.29. The van der Waals surface area contributed by atoms with E-state index in [1.807, 2.05) is 36.4 Å². The Bertz CT molecular complexity index is 589.